The Kier molecular flexibility index (Phi) is 4.08. The van der Waals surface area contributed by atoms with Gasteiger partial charge in [-0.05, 0) is 37.1 Å². The molecule has 0 radical (unpaired) electrons. The fourth-order valence-electron chi connectivity index (χ4n) is 3.59. The van der Waals surface area contributed by atoms with Crippen LogP contribution in [0.1, 0.15) is 46.0 Å². The van der Waals surface area contributed by atoms with Gasteiger partial charge in [0.15, 0.2) is 0 Å². The summed E-state index contributed by atoms with van der Waals surface area (Å²) in [5.74, 6) is 2.13. The van der Waals surface area contributed by atoms with Crippen molar-refractivity contribution in [3.8, 4) is 0 Å². The monoisotopic (exact) mass is 238 g/mol. The first kappa shape index (κ1) is 12.9. The highest BCUT2D eigenvalue weighted by molar-refractivity contribution is 5.79. The third-order valence-electron chi connectivity index (χ3n) is 4.61. The second kappa shape index (κ2) is 5.38. The number of hydrogen-bond acceptors (Lipinski definition) is 2. The molecule has 1 aliphatic heterocycles. The second-order valence-corrected chi connectivity index (χ2v) is 6.11. The molecule has 3 unspecified atom stereocenters. The number of amides is 1. The summed E-state index contributed by atoms with van der Waals surface area (Å²) in [6.07, 6.45) is 5.79. The molecule has 2 fully saturated rings. The minimum absolute atomic E-state index is 0.345. The van der Waals surface area contributed by atoms with Crippen molar-refractivity contribution in [3.05, 3.63) is 0 Å². The van der Waals surface area contributed by atoms with Crippen LogP contribution in [0.15, 0.2) is 0 Å². The summed E-state index contributed by atoms with van der Waals surface area (Å²) in [6, 6.07) is 0.493. The number of likely N-dealkylation sites (tertiary alicyclic amines) is 1. The Hall–Kier alpha value is -0.570. The van der Waals surface area contributed by atoms with E-state index in [1.165, 1.54) is 25.7 Å². The lowest BCUT2D eigenvalue weighted by atomic mass is 9.77. The predicted molar refractivity (Wildman–Crippen MR) is 69.5 cm³/mol. The number of rotatable bonds is 3. The van der Waals surface area contributed by atoms with E-state index in [-0.39, 0.29) is 0 Å². The molecule has 3 heteroatoms. The van der Waals surface area contributed by atoms with E-state index in [4.69, 9.17) is 5.73 Å². The van der Waals surface area contributed by atoms with Crippen molar-refractivity contribution in [2.75, 3.05) is 13.1 Å². The Morgan fingerprint density at radius 2 is 2.06 bits per heavy atom. The lowest BCUT2D eigenvalue weighted by Gasteiger charge is -2.40. The second-order valence-electron chi connectivity index (χ2n) is 6.11. The van der Waals surface area contributed by atoms with Crippen LogP contribution in [-0.2, 0) is 4.79 Å². The van der Waals surface area contributed by atoms with Gasteiger partial charge in [0.2, 0.25) is 5.91 Å². The molecular weight excluding hydrogens is 212 g/mol. The maximum atomic E-state index is 12.1. The van der Waals surface area contributed by atoms with Gasteiger partial charge in [-0.15, -0.1) is 0 Å². The van der Waals surface area contributed by atoms with Gasteiger partial charge in [0.25, 0.3) is 0 Å². The average Bonchev–Trinajstić information content (AvgIpc) is 2.70. The lowest BCUT2D eigenvalue weighted by molar-refractivity contribution is -0.131. The van der Waals surface area contributed by atoms with E-state index < -0.39 is 0 Å². The maximum absolute atomic E-state index is 12.1. The van der Waals surface area contributed by atoms with Crippen LogP contribution < -0.4 is 5.73 Å². The van der Waals surface area contributed by atoms with Crippen molar-refractivity contribution >= 4 is 5.91 Å². The SMILES string of the molecule is CC(C)C1CCCCC1N1CC(CN)CC1=O. The van der Waals surface area contributed by atoms with Gasteiger partial charge < -0.3 is 10.6 Å². The molecule has 1 saturated heterocycles. The molecule has 2 aliphatic rings. The van der Waals surface area contributed by atoms with Gasteiger partial charge in [0, 0.05) is 19.0 Å². The average molecular weight is 238 g/mol. The van der Waals surface area contributed by atoms with E-state index in [0.29, 0.717) is 42.7 Å². The van der Waals surface area contributed by atoms with Crippen LogP contribution in [0.3, 0.4) is 0 Å². The fraction of sp³-hybridized carbons (Fsp3) is 0.929. The molecule has 3 nitrogen and oxygen atoms in total. The normalized spacial score (nSPS) is 34.7. The first-order chi connectivity index (χ1) is 8.13. The molecule has 0 aromatic rings. The van der Waals surface area contributed by atoms with Crippen LogP contribution in [0.25, 0.3) is 0 Å². The number of carbonyl (C=O) groups is 1. The zero-order valence-corrected chi connectivity index (χ0v) is 11.2. The Labute approximate surface area is 105 Å². The quantitative estimate of drug-likeness (QED) is 0.817. The number of carbonyl (C=O) groups excluding carboxylic acids is 1. The molecule has 3 atom stereocenters. The molecule has 0 aromatic heterocycles. The van der Waals surface area contributed by atoms with Crippen LogP contribution in [-0.4, -0.2) is 29.9 Å². The Morgan fingerprint density at radius 3 is 2.65 bits per heavy atom. The molecule has 0 bridgehead atoms. The standard InChI is InChI=1S/C14H26N2O/c1-10(2)12-5-3-4-6-13(12)16-9-11(8-15)7-14(16)17/h10-13H,3-9,15H2,1-2H3. The van der Waals surface area contributed by atoms with E-state index in [9.17, 15) is 4.79 Å². The molecule has 1 amide bonds. The highest BCUT2D eigenvalue weighted by Crippen LogP contribution is 2.36. The van der Waals surface area contributed by atoms with Crippen LogP contribution in [0.4, 0.5) is 0 Å². The summed E-state index contributed by atoms with van der Waals surface area (Å²) in [7, 11) is 0. The van der Waals surface area contributed by atoms with Gasteiger partial charge in [-0.1, -0.05) is 26.7 Å². The minimum Gasteiger partial charge on any atom is -0.339 e. The Balaban J connectivity index is 2.06. The topological polar surface area (TPSA) is 46.3 Å². The summed E-state index contributed by atoms with van der Waals surface area (Å²) in [5, 5.41) is 0. The summed E-state index contributed by atoms with van der Waals surface area (Å²) in [5.41, 5.74) is 5.70. The summed E-state index contributed by atoms with van der Waals surface area (Å²) in [6.45, 7) is 6.15. The minimum atomic E-state index is 0.345. The zero-order chi connectivity index (χ0) is 12.4. The van der Waals surface area contributed by atoms with Crippen molar-refractivity contribution in [2.24, 2.45) is 23.5 Å². The maximum Gasteiger partial charge on any atom is 0.223 e. The molecule has 1 saturated carbocycles. The molecule has 0 spiro atoms. The van der Waals surface area contributed by atoms with Crippen LogP contribution in [0, 0.1) is 17.8 Å². The molecule has 98 valence electrons. The van der Waals surface area contributed by atoms with Crippen molar-refractivity contribution in [1.29, 1.82) is 0 Å². The van der Waals surface area contributed by atoms with E-state index >= 15 is 0 Å². The smallest absolute Gasteiger partial charge is 0.223 e. The molecular formula is C14H26N2O. The van der Waals surface area contributed by atoms with Gasteiger partial charge in [0.05, 0.1) is 0 Å². The van der Waals surface area contributed by atoms with Gasteiger partial charge in [-0.25, -0.2) is 0 Å². The van der Waals surface area contributed by atoms with E-state index in [1.807, 2.05) is 0 Å². The van der Waals surface area contributed by atoms with Gasteiger partial charge >= 0.3 is 0 Å². The van der Waals surface area contributed by atoms with Crippen LogP contribution in [0.5, 0.6) is 0 Å². The van der Waals surface area contributed by atoms with E-state index in [1.54, 1.807) is 0 Å². The van der Waals surface area contributed by atoms with Crippen molar-refractivity contribution < 1.29 is 4.79 Å². The molecule has 17 heavy (non-hydrogen) atoms. The molecule has 1 heterocycles. The lowest BCUT2D eigenvalue weighted by Crippen LogP contribution is -2.45. The van der Waals surface area contributed by atoms with Crippen LogP contribution >= 0.6 is 0 Å². The van der Waals surface area contributed by atoms with Gasteiger partial charge in [-0.2, -0.15) is 0 Å². The van der Waals surface area contributed by atoms with E-state index in [2.05, 4.69) is 18.7 Å². The Bertz CT molecular complexity index is 277. The highest BCUT2D eigenvalue weighted by Gasteiger charge is 2.39. The third kappa shape index (κ3) is 2.65. The van der Waals surface area contributed by atoms with Crippen molar-refractivity contribution in [2.45, 2.75) is 52.0 Å². The summed E-state index contributed by atoms with van der Waals surface area (Å²) in [4.78, 5) is 14.2. The number of nitrogens with zero attached hydrogens (tertiary/aromatic N) is 1. The number of nitrogens with two attached hydrogens (primary N) is 1. The number of hydrogen-bond donors (Lipinski definition) is 1. The fourth-order valence-corrected chi connectivity index (χ4v) is 3.59. The summed E-state index contributed by atoms with van der Waals surface area (Å²) >= 11 is 0. The molecule has 1 aliphatic carbocycles. The molecule has 0 aromatic carbocycles. The first-order valence-corrected chi connectivity index (χ1v) is 7.13. The third-order valence-corrected chi connectivity index (χ3v) is 4.61. The summed E-state index contributed by atoms with van der Waals surface area (Å²) < 4.78 is 0. The highest BCUT2D eigenvalue weighted by atomic mass is 16.2. The molecule has 2 N–H and O–H groups in total. The van der Waals surface area contributed by atoms with E-state index in [0.717, 1.165) is 6.54 Å². The first-order valence-electron chi connectivity index (χ1n) is 7.13. The van der Waals surface area contributed by atoms with Crippen LogP contribution in [0.2, 0.25) is 0 Å². The molecule has 2 rings (SSSR count). The van der Waals surface area contributed by atoms with Crippen molar-refractivity contribution in [1.82, 2.24) is 4.90 Å². The van der Waals surface area contributed by atoms with Gasteiger partial charge in [-0.3, -0.25) is 4.79 Å². The largest absolute Gasteiger partial charge is 0.339 e. The zero-order valence-electron chi connectivity index (χ0n) is 11.2. The van der Waals surface area contributed by atoms with Crippen molar-refractivity contribution in [3.63, 3.8) is 0 Å². The predicted octanol–water partition coefficient (Wildman–Crippen LogP) is 2.01. The Morgan fingerprint density at radius 1 is 1.35 bits per heavy atom. The van der Waals surface area contributed by atoms with Gasteiger partial charge in [0.1, 0.15) is 0 Å².